The number of carbonyl (C=O) groups is 2. The molecule has 19 heavy (non-hydrogen) atoms. The van der Waals surface area contributed by atoms with Crippen molar-refractivity contribution in [3.8, 4) is 12.8 Å². The summed E-state index contributed by atoms with van der Waals surface area (Å²) >= 11 is 0. The first kappa shape index (κ1) is 19.6. The minimum Gasteiger partial charge on any atom is -0.483 e. The summed E-state index contributed by atoms with van der Waals surface area (Å²) in [7, 11) is 0. The SMILES string of the molecule is C#C.CCN(C(=O)OC(C)(C)C)C1CC1C.O=CO. The van der Waals surface area contributed by atoms with Gasteiger partial charge in [0, 0.05) is 12.6 Å². The van der Waals surface area contributed by atoms with Crippen LogP contribution in [0.5, 0.6) is 0 Å². The van der Waals surface area contributed by atoms with Crippen molar-refractivity contribution in [1.82, 2.24) is 4.90 Å². The molecule has 0 heterocycles. The highest BCUT2D eigenvalue weighted by molar-refractivity contribution is 5.69. The van der Waals surface area contributed by atoms with E-state index in [0.29, 0.717) is 12.0 Å². The van der Waals surface area contributed by atoms with Crippen LogP contribution in [0, 0.1) is 18.8 Å². The van der Waals surface area contributed by atoms with Crippen LogP contribution >= 0.6 is 0 Å². The maximum atomic E-state index is 11.7. The highest BCUT2D eigenvalue weighted by atomic mass is 16.6. The lowest BCUT2D eigenvalue weighted by Crippen LogP contribution is -2.38. The van der Waals surface area contributed by atoms with Gasteiger partial charge >= 0.3 is 6.09 Å². The molecule has 0 bridgehead atoms. The summed E-state index contributed by atoms with van der Waals surface area (Å²) in [5, 5.41) is 6.89. The molecule has 1 amide bonds. The van der Waals surface area contributed by atoms with Crippen molar-refractivity contribution in [2.24, 2.45) is 5.92 Å². The molecule has 0 aromatic carbocycles. The molecule has 5 heteroatoms. The summed E-state index contributed by atoms with van der Waals surface area (Å²) in [5.74, 6) is 0.641. The molecule has 2 unspecified atom stereocenters. The van der Waals surface area contributed by atoms with E-state index in [9.17, 15) is 4.79 Å². The third kappa shape index (κ3) is 8.95. The van der Waals surface area contributed by atoms with Crippen LogP contribution in [0.1, 0.15) is 41.0 Å². The zero-order valence-electron chi connectivity index (χ0n) is 12.4. The minimum absolute atomic E-state index is 0.172. The molecule has 0 radical (unpaired) electrons. The minimum atomic E-state index is -0.386. The molecular weight excluding hydrogens is 246 g/mol. The number of hydrogen-bond donors (Lipinski definition) is 1. The first-order valence-corrected chi connectivity index (χ1v) is 6.17. The normalized spacial score (nSPS) is 19.7. The van der Waals surface area contributed by atoms with Crippen LogP contribution < -0.4 is 0 Å². The van der Waals surface area contributed by atoms with Gasteiger partial charge < -0.3 is 14.7 Å². The molecule has 1 saturated carbocycles. The van der Waals surface area contributed by atoms with Gasteiger partial charge in [-0.3, -0.25) is 4.79 Å². The molecule has 0 spiro atoms. The molecule has 110 valence electrons. The monoisotopic (exact) mass is 271 g/mol. The Kier molecular flexibility index (Phi) is 9.57. The van der Waals surface area contributed by atoms with Gasteiger partial charge in [-0.05, 0) is 40.0 Å². The zero-order chi connectivity index (χ0) is 15.6. The lowest BCUT2D eigenvalue weighted by atomic mass is 10.2. The topological polar surface area (TPSA) is 66.8 Å². The van der Waals surface area contributed by atoms with Crippen molar-refractivity contribution in [3.63, 3.8) is 0 Å². The Bertz CT molecular complexity index is 294. The predicted octanol–water partition coefficient (Wildman–Crippen LogP) is 2.60. The van der Waals surface area contributed by atoms with E-state index in [2.05, 4.69) is 19.8 Å². The van der Waals surface area contributed by atoms with Crippen LogP contribution in [0.15, 0.2) is 0 Å². The molecule has 1 rings (SSSR count). The van der Waals surface area contributed by atoms with E-state index in [4.69, 9.17) is 14.6 Å². The van der Waals surface area contributed by atoms with Gasteiger partial charge in [-0.15, -0.1) is 12.8 Å². The van der Waals surface area contributed by atoms with E-state index < -0.39 is 0 Å². The highest BCUT2D eigenvalue weighted by Crippen LogP contribution is 2.35. The Morgan fingerprint density at radius 1 is 1.47 bits per heavy atom. The van der Waals surface area contributed by atoms with E-state index >= 15 is 0 Å². The van der Waals surface area contributed by atoms with Crippen molar-refractivity contribution >= 4 is 12.6 Å². The number of nitrogens with zero attached hydrogens (tertiary/aromatic N) is 1. The fraction of sp³-hybridized carbons (Fsp3) is 0.714. The van der Waals surface area contributed by atoms with Crippen LogP contribution in [-0.4, -0.2) is 40.8 Å². The van der Waals surface area contributed by atoms with E-state index in [1.165, 1.54) is 0 Å². The Balaban J connectivity index is 0. The van der Waals surface area contributed by atoms with Crippen molar-refractivity contribution < 1.29 is 19.4 Å². The molecule has 2 atom stereocenters. The predicted molar refractivity (Wildman–Crippen MR) is 74.8 cm³/mol. The van der Waals surface area contributed by atoms with Gasteiger partial charge in [0.1, 0.15) is 5.60 Å². The van der Waals surface area contributed by atoms with Crippen LogP contribution in [0.25, 0.3) is 0 Å². The zero-order valence-corrected chi connectivity index (χ0v) is 12.4. The van der Waals surface area contributed by atoms with Gasteiger partial charge in [0.25, 0.3) is 6.47 Å². The highest BCUT2D eigenvalue weighted by Gasteiger charge is 2.41. The Morgan fingerprint density at radius 3 is 2.05 bits per heavy atom. The average molecular weight is 271 g/mol. The fourth-order valence-electron chi connectivity index (χ4n) is 1.56. The van der Waals surface area contributed by atoms with Gasteiger partial charge in [0.15, 0.2) is 0 Å². The third-order valence-electron chi connectivity index (χ3n) is 2.44. The molecular formula is C14H25NO4. The van der Waals surface area contributed by atoms with Crippen molar-refractivity contribution in [3.05, 3.63) is 0 Å². The van der Waals surface area contributed by atoms with E-state index in [0.717, 1.165) is 13.0 Å². The smallest absolute Gasteiger partial charge is 0.410 e. The molecule has 0 aliphatic heterocycles. The van der Waals surface area contributed by atoms with E-state index in [1.807, 2.05) is 32.6 Å². The largest absolute Gasteiger partial charge is 0.483 e. The second-order valence-corrected chi connectivity index (χ2v) is 5.15. The van der Waals surface area contributed by atoms with Gasteiger partial charge in [-0.2, -0.15) is 0 Å². The summed E-state index contributed by atoms with van der Waals surface area (Å²) in [5.41, 5.74) is -0.386. The standard InChI is InChI=1S/C11H21NO2.C2H2.CH2O2/c1-6-12(9-7-8(9)2)10(13)14-11(3,4)5;1-2;2-1-3/h8-9H,6-7H2,1-5H3;1-2H;1H,(H,2,3). The van der Waals surface area contributed by atoms with Crippen molar-refractivity contribution in [2.45, 2.75) is 52.7 Å². The summed E-state index contributed by atoms with van der Waals surface area (Å²) < 4.78 is 5.33. The number of carbonyl (C=O) groups excluding carboxylic acids is 1. The summed E-state index contributed by atoms with van der Waals surface area (Å²) in [6.45, 7) is 10.3. The molecule has 1 N–H and O–H groups in total. The van der Waals surface area contributed by atoms with Crippen molar-refractivity contribution in [2.75, 3.05) is 6.54 Å². The lowest BCUT2D eigenvalue weighted by Gasteiger charge is -2.26. The Labute approximate surface area is 115 Å². The van der Waals surface area contributed by atoms with Crippen LogP contribution in [0.4, 0.5) is 4.79 Å². The first-order chi connectivity index (χ1) is 8.76. The van der Waals surface area contributed by atoms with Gasteiger partial charge in [0.05, 0.1) is 0 Å². The van der Waals surface area contributed by atoms with Crippen LogP contribution in [0.3, 0.4) is 0 Å². The van der Waals surface area contributed by atoms with Crippen LogP contribution in [0.2, 0.25) is 0 Å². The second-order valence-electron chi connectivity index (χ2n) is 5.15. The van der Waals surface area contributed by atoms with Gasteiger partial charge in [-0.25, -0.2) is 4.79 Å². The molecule has 0 saturated heterocycles. The molecule has 1 aliphatic carbocycles. The van der Waals surface area contributed by atoms with E-state index in [1.54, 1.807) is 0 Å². The average Bonchev–Trinajstić information content (AvgIpc) is 2.98. The fourth-order valence-corrected chi connectivity index (χ4v) is 1.56. The first-order valence-electron chi connectivity index (χ1n) is 6.17. The number of terminal acetylenes is 1. The molecule has 5 nitrogen and oxygen atoms in total. The summed E-state index contributed by atoms with van der Waals surface area (Å²) in [6.07, 6.45) is 8.95. The molecule has 0 aromatic rings. The summed E-state index contributed by atoms with van der Waals surface area (Å²) in [6, 6.07) is 0.412. The Hall–Kier alpha value is -1.70. The quantitative estimate of drug-likeness (QED) is 0.619. The second kappa shape index (κ2) is 9.26. The maximum absolute atomic E-state index is 11.7. The maximum Gasteiger partial charge on any atom is 0.410 e. The molecule has 1 fully saturated rings. The number of ether oxygens (including phenoxy) is 1. The number of amides is 1. The lowest BCUT2D eigenvalue weighted by molar-refractivity contribution is -0.122. The molecule has 1 aliphatic rings. The molecule has 0 aromatic heterocycles. The Morgan fingerprint density at radius 2 is 1.84 bits per heavy atom. The van der Waals surface area contributed by atoms with Crippen LogP contribution in [-0.2, 0) is 9.53 Å². The number of carboxylic acid groups (broad SMARTS) is 1. The number of rotatable bonds is 2. The van der Waals surface area contributed by atoms with Gasteiger partial charge in [-0.1, -0.05) is 6.92 Å². The third-order valence-corrected chi connectivity index (χ3v) is 2.44. The summed E-state index contributed by atoms with van der Waals surface area (Å²) in [4.78, 5) is 21.9. The van der Waals surface area contributed by atoms with Crippen molar-refractivity contribution in [1.29, 1.82) is 0 Å². The van der Waals surface area contributed by atoms with Gasteiger partial charge in [0.2, 0.25) is 0 Å². The van der Waals surface area contributed by atoms with E-state index in [-0.39, 0.29) is 18.2 Å². The number of hydrogen-bond acceptors (Lipinski definition) is 3.